The number of nitrogens with one attached hydrogen (secondary N) is 1. The van der Waals surface area contributed by atoms with Crippen molar-refractivity contribution in [3.8, 4) is 0 Å². The van der Waals surface area contributed by atoms with Gasteiger partial charge in [0, 0.05) is 42.1 Å². The number of halogens is 1. The number of anilines is 2. The smallest absolute Gasteiger partial charge is 0.254 e. The van der Waals surface area contributed by atoms with Crippen molar-refractivity contribution in [2.45, 2.75) is 20.3 Å². The first-order valence-electron chi connectivity index (χ1n) is 8.52. The highest BCUT2D eigenvalue weighted by atomic mass is 35.5. The van der Waals surface area contributed by atoms with Crippen LogP contribution in [0, 0.1) is 19.8 Å². The van der Waals surface area contributed by atoms with Gasteiger partial charge in [0.05, 0.1) is 0 Å². The SMILES string of the molecule is Cc1cc(NCC2CCN(c3cc(Cl)ccc3C)C2)n2ncnc2n1. The molecule has 4 rings (SSSR count). The molecule has 1 aliphatic heterocycles. The first kappa shape index (κ1) is 16.1. The molecule has 1 fully saturated rings. The third kappa shape index (κ3) is 3.26. The summed E-state index contributed by atoms with van der Waals surface area (Å²) in [4.78, 5) is 11.0. The second kappa shape index (κ2) is 6.52. The topological polar surface area (TPSA) is 58.4 Å². The third-order valence-corrected chi connectivity index (χ3v) is 4.98. The van der Waals surface area contributed by atoms with Crippen molar-refractivity contribution >= 4 is 28.9 Å². The first-order valence-corrected chi connectivity index (χ1v) is 8.90. The van der Waals surface area contributed by atoms with Gasteiger partial charge in [-0.3, -0.25) is 0 Å². The van der Waals surface area contributed by atoms with Crippen LogP contribution in [0.25, 0.3) is 5.78 Å². The molecule has 2 aromatic heterocycles. The molecule has 1 saturated heterocycles. The van der Waals surface area contributed by atoms with Crippen LogP contribution < -0.4 is 10.2 Å². The van der Waals surface area contributed by atoms with Gasteiger partial charge in [-0.15, -0.1) is 0 Å². The van der Waals surface area contributed by atoms with Crippen LogP contribution in [-0.4, -0.2) is 39.2 Å². The zero-order valence-electron chi connectivity index (χ0n) is 14.4. The Morgan fingerprint density at radius 2 is 2.16 bits per heavy atom. The van der Waals surface area contributed by atoms with Crippen molar-refractivity contribution in [1.82, 2.24) is 19.6 Å². The lowest BCUT2D eigenvalue weighted by molar-refractivity contribution is 0.619. The molecular formula is C18H21ClN6. The molecule has 7 heteroatoms. The maximum atomic E-state index is 6.17. The number of benzene rings is 1. The Bertz CT molecular complexity index is 906. The summed E-state index contributed by atoms with van der Waals surface area (Å²) in [5, 5.41) is 8.56. The second-order valence-corrected chi connectivity index (χ2v) is 7.10. The van der Waals surface area contributed by atoms with Crippen molar-refractivity contribution in [1.29, 1.82) is 0 Å². The summed E-state index contributed by atoms with van der Waals surface area (Å²) in [5.74, 6) is 2.15. The van der Waals surface area contributed by atoms with Gasteiger partial charge in [0.15, 0.2) is 0 Å². The van der Waals surface area contributed by atoms with Crippen LogP contribution >= 0.6 is 11.6 Å². The van der Waals surface area contributed by atoms with E-state index in [1.54, 1.807) is 4.52 Å². The highest BCUT2D eigenvalue weighted by Crippen LogP contribution is 2.29. The van der Waals surface area contributed by atoms with E-state index in [-0.39, 0.29) is 0 Å². The van der Waals surface area contributed by atoms with Crippen molar-refractivity contribution < 1.29 is 0 Å². The summed E-state index contributed by atoms with van der Waals surface area (Å²) in [6.07, 6.45) is 2.69. The van der Waals surface area contributed by atoms with Gasteiger partial charge in [0.2, 0.25) is 0 Å². The number of hydrogen-bond donors (Lipinski definition) is 1. The summed E-state index contributed by atoms with van der Waals surface area (Å²) in [6, 6.07) is 8.11. The largest absolute Gasteiger partial charge is 0.371 e. The monoisotopic (exact) mass is 356 g/mol. The molecule has 0 saturated carbocycles. The van der Waals surface area contributed by atoms with E-state index in [2.05, 4.69) is 44.3 Å². The minimum atomic E-state index is 0.574. The molecule has 1 atom stereocenters. The Balaban J connectivity index is 1.44. The molecule has 1 unspecified atom stereocenters. The van der Waals surface area contributed by atoms with Gasteiger partial charge < -0.3 is 10.2 Å². The molecule has 3 heterocycles. The molecule has 3 aromatic rings. The second-order valence-electron chi connectivity index (χ2n) is 6.67. The van der Waals surface area contributed by atoms with E-state index in [1.807, 2.05) is 19.1 Å². The zero-order valence-corrected chi connectivity index (χ0v) is 15.2. The van der Waals surface area contributed by atoms with Gasteiger partial charge >= 0.3 is 0 Å². The number of aryl methyl sites for hydroxylation is 2. The van der Waals surface area contributed by atoms with Crippen molar-refractivity contribution in [3.05, 3.63) is 46.9 Å². The molecule has 130 valence electrons. The van der Waals surface area contributed by atoms with Crippen LogP contribution in [0.5, 0.6) is 0 Å². The maximum Gasteiger partial charge on any atom is 0.254 e. The van der Waals surface area contributed by atoms with E-state index in [0.717, 1.165) is 42.6 Å². The van der Waals surface area contributed by atoms with Crippen LogP contribution in [0.2, 0.25) is 5.02 Å². The molecule has 1 aliphatic rings. The van der Waals surface area contributed by atoms with E-state index in [0.29, 0.717) is 11.7 Å². The van der Waals surface area contributed by atoms with Gasteiger partial charge in [-0.05, 0) is 43.9 Å². The summed E-state index contributed by atoms with van der Waals surface area (Å²) in [7, 11) is 0. The highest BCUT2D eigenvalue weighted by Gasteiger charge is 2.24. The number of hydrogen-bond acceptors (Lipinski definition) is 5. The zero-order chi connectivity index (χ0) is 17.4. The average molecular weight is 357 g/mol. The summed E-state index contributed by atoms with van der Waals surface area (Å²) >= 11 is 6.17. The fourth-order valence-electron chi connectivity index (χ4n) is 3.45. The molecule has 1 aromatic carbocycles. The molecule has 0 spiro atoms. The third-order valence-electron chi connectivity index (χ3n) is 4.75. The van der Waals surface area contributed by atoms with E-state index >= 15 is 0 Å². The van der Waals surface area contributed by atoms with Gasteiger partial charge in [-0.25, -0.2) is 4.98 Å². The van der Waals surface area contributed by atoms with Crippen molar-refractivity contribution in [2.24, 2.45) is 5.92 Å². The lowest BCUT2D eigenvalue weighted by Gasteiger charge is -2.21. The van der Waals surface area contributed by atoms with Gasteiger partial charge in [-0.2, -0.15) is 14.6 Å². The molecule has 0 aliphatic carbocycles. The highest BCUT2D eigenvalue weighted by molar-refractivity contribution is 6.30. The lowest BCUT2D eigenvalue weighted by Crippen LogP contribution is -2.23. The molecular weight excluding hydrogens is 336 g/mol. The summed E-state index contributed by atoms with van der Waals surface area (Å²) in [5.41, 5.74) is 3.45. The van der Waals surface area contributed by atoms with E-state index in [9.17, 15) is 0 Å². The van der Waals surface area contributed by atoms with Gasteiger partial charge in [0.1, 0.15) is 12.1 Å². The quantitative estimate of drug-likeness (QED) is 0.777. The van der Waals surface area contributed by atoms with Gasteiger partial charge in [0.25, 0.3) is 5.78 Å². The molecule has 25 heavy (non-hydrogen) atoms. The van der Waals surface area contributed by atoms with Crippen molar-refractivity contribution in [2.75, 3.05) is 29.9 Å². The fraction of sp³-hybridized carbons (Fsp3) is 0.389. The average Bonchev–Trinajstić information content (AvgIpc) is 3.23. The summed E-state index contributed by atoms with van der Waals surface area (Å²) in [6.45, 7) is 7.09. The standard InChI is InChI=1S/C18H21ClN6/c1-12-3-4-15(19)8-16(12)24-6-5-14(10-24)9-20-17-7-13(2)23-18-21-11-22-25(17)18/h3-4,7-8,11,14,20H,5-6,9-10H2,1-2H3. The van der Waals surface area contributed by atoms with Gasteiger partial charge in [-0.1, -0.05) is 17.7 Å². The Labute approximate surface area is 151 Å². The minimum absolute atomic E-state index is 0.574. The van der Waals surface area contributed by atoms with E-state index < -0.39 is 0 Å². The lowest BCUT2D eigenvalue weighted by atomic mass is 10.1. The number of rotatable bonds is 4. The molecule has 0 amide bonds. The molecule has 6 nitrogen and oxygen atoms in total. The Hall–Kier alpha value is -2.34. The predicted octanol–water partition coefficient (Wildman–Crippen LogP) is 3.33. The van der Waals surface area contributed by atoms with Crippen LogP contribution in [0.3, 0.4) is 0 Å². The number of nitrogens with zero attached hydrogens (tertiary/aromatic N) is 5. The number of fused-ring (bicyclic) bond motifs is 1. The van der Waals surface area contributed by atoms with E-state index in [1.165, 1.54) is 17.6 Å². The molecule has 1 N–H and O–H groups in total. The predicted molar refractivity (Wildman–Crippen MR) is 101 cm³/mol. The van der Waals surface area contributed by atoms with Crippen LogP contribution in [0.15, 0.2) is 30.6 Å². The first-order chi connectivity index (χ1) is 12.1. The molecule has 0 radical (unpaired) electrons. The van der Waals surface area contributed by atoms with Crippen LogP contribution in [-0.2, 0) is 0 Å². The Morgan fingerprint density at radius 3 is 3.04 bits per heavy atom. The van der Waals surface area contributed by atoms with Crippen LogP contribution in [0.4, 0.5) is 11.5 Å². The van der Waals surface area contributed by atoms with Crippen LogP contribution in [0.1, 0.15) is 17.7 Å². The van der Waals surface area contributed by atoms with Crippen molar-refractivity contribution in [3.63, 3.8) is 0 Å². The Morgan fingerprint density at radius 1 is 1.28 bits per heavy atom. The normalized spacial score (nSPS) is 17.4. The van der Waals surface area contributed by atoms with E-state index in [4.69, 9.17) is 11.6 Å². The fourth-order valence-corrected chi connectivity index (χ4v) is 3.61. The Kier molecular flexibility index (Phi) is 4.21. The summed E-state index contributed by atoms with van der Waals surface area (Å²) < 4.78 is 1.75. The number of aromatic nitrogens is 4. The minimum Gasteiger partial charge on any atom is -0.371 e. The molecule has 0 bridgehead atoms. The maximum absolute atomic E-state index is 6.17.